The lowest BCUT2D eigenvalue weighted by Gasteiger charge is -2.31. The molecule has 2 heterocycles. The molecular formula is C32H31N5O9. The number of phenolic OH excluding ortho intramolecular Hbond substituents is 1. The topological polar surface area (TPSA) is 199 Å². The molecule has 14 heteroatoms. The molecule has 0 saturated heterocycles. The molecule has 3 aromatic rings. The molecule has 0 spiro atoms. The number of benzene rings is 2. The van der Waals surface area contributed by atoms with Gasteiger partial charge in [0.25, 0.3) is 17.5 Å². The quantitative estimate of drug-likeness (QED) is 0.116. The Bertz CT molecular complexity index is 1700. The van der Waals surface area contributed by atoms with Crippen LogP contribution in [0.25, 0.3) is 0 Å². The maximum atomic E-state index is 13.5. The van der Waals surface area contributed by atoms with Crippen molar-refractivity contribution >= 4 is 35.2 Å². The van der Waals surface area contributed by atoms with Crippen molar-refractivity contribution < 1.29 is 38.7 Å². The second-order valence-electron chi connectivity index (χ2n) is 10.1. The summed E-state index contributed by atoms with van der Waals surface area (Å²) in [5.41, 5.74) is 0.484. The van der Waals surface area contributed by atoms with Gasteiger partial charge in [0.1, 0.15) is 24.9 Å². The van der Waals surface area contributed by atoms with Crippen LogP contribution in [0.5, 0.6) is 5.75 Å². The summed E-state index contributed by atoms with van der Waals surface area (Å²) in [4.78, 5) is 71.4. The van der Waals surface area contributed by atoms with Gasteiger partial charge in [0, 0.05) is 41.4 Å². The fraction of sp³-hybridized carbons (Fsp3) is 0.250. The Balaban J connectivity index is 1.51. The summed E-state index contributed by atoms with van der Waals surface area (Å²) in [5.74, 6) is -5.35. The van der Waals surface area contributed by atoms with Crippen molar-refractivity contribution in [1.29, 1.82) is 0 Å². The van der Waals surface area contributed by atoms with Crippen LogP contribution in [0.15, 0.2) is 89.3 Å². The standard InChI is InChI=1S/C32H31N5O9/c1-19-26(31(41)45-16-14-34-29(39)21-8-7-13-33-18-21)28(22-9-3-5-11-24(22)37(43)44)27(20(2)36-19)32(42)46-17-15-35-30(40)23-10-4-6-12-25(23)38/h3-13,18,26,28,38H,14-17H2,1-2H3,(H,34,39)(H,35,40)/t26?,28-/m1/s1. The zero-order valence-electron chi connectivity index (χ0n) is 25.0. The van der Waals surface area contributed by atoms with Crippen LogP contribution in [0.2, 0.25) is 0 Å². The zero-order valence-corrected chi connectivity index (χ0v) is 25.0. The Morgan fingerprint density at radius 2 is 1.59 bits per heavy atom. The van der Waals surface area contributed by atoms with Crippen LogP contribution >= 0.6 is 0 Å². The summed E-state index contributed by atoms with van der Waals surface area (Å²) in [6, 6.07) is 14.8. The lowest BCUT2D eigenvalue weighted by molar-refractivity contribution is -0.385. The van der Waals surface area contributed by atoms with Gasteiger partial charge in [-0.15, -0.1) is 0 Å². The number of nitrogens with one attached hydrogen (secondary N) is 2. The normalized spacial score (nSPS) is 15.7. The minimum absolute atomic E-state index is 0.0330. The minimum atomic E-state index is -1.23. The third kappa shape index (κ3) is 7.77. The van der Waals surface area contributed by atoms with E-state index in [1.165, 1.54) is 49.6 Å². The Kier molecular flexibility index (Phi) is 10.9. The molecule has 0 fully saturated rings. The van der Waals surface area contributed by atoms with Gasteiger partial charge in [-0.3, -0.25) is 34.5 Å². The van der Waals surface area contributed by atoms with Gasteiger partial charge >= 0.3 is 11.9 Å². The fourth-order valence-corrected chi connectivity index (χ4v) is 5.01. The second-order valence-corrected chi connectivity index (χ2v) is 10.1. The molecule has 46 heavy (non-hydrogen) atoms. The lowest BCUT2D eigenvalue weighted by Crippen LogP contribution is -2.38. The first-order valence-corrected chi connectivity index (χ1v) is 14.2. The zero-order chi connectivity index (χ0) is 33.2. The number of nitro groups is 1. The molecule has 1 aliphatic rings. The number of amides is 2. The van der Waals surface area contributed by atoms with E-state index in [1.54, 1.807) is 37.3 Å². The minimum Gasteiger partial charge on any atom is -0.507 e. The number of carbonyl (C=O) groups is 4. The van der Waals surface area contributed by atoms with E-state index in [-0.39, 0.29) is 65.8 Å². The molecule has 0 aliphatic carbocycles. The molecule has 14 nitrogen and oxygen atoms in total. The van der Waals surface area contributed by atoms with E-state index >= 15 is 0 Å². The van der Waals surface area contributed by atoms with Crippen LogP contribution < -0.4 is 10.6 Å². The number of nitrogens with zero attached hydrogens (tertiary/aromatic N) is 3. The van der Waals surface area contributed by atoms with E-state index in [2.05, 4.69) is 20.6 Å². The number of pyridine rings is 1. The number of ether oxygens (including phenoxy) is 2. The third-order valence-corrected chi connectivity index (χ3v) is 7.10. The average Bonchev–Trinajstić information content (AvgIpc) is 3.04. The molecule has 2 aromatic carbocycles. The number of hydrogen-bond acceptors (Lipinski definition) is 11. The molecule has 0 bridgehead atoms. The molecule has 0 radical (unpaired) electrons. The molecule has 1 unspecified atom stereocenters. The van der Waals surface area contributed by atoms with Gasteiger partial charge in [0.05, 0.1) is 34.7 Å². The number of aromatic nitrogens is 1. The summed E-state index contributed by atoms with van der Waals surface area (Å²) in [6.45, 7) is 2.43. The number of para-hydroxylation sites is 2. The Morgan fingerprint density at radius 3 is 2.28 bits per heavy atom. The van der Waals surface area contributed by atoms with E-state index in [0.717, 1.165) is 0 Å². The summed E-state index contributed by atoms with van der Waals surface area (Å²) in [5, 5.41) is 27.1. The predicted octanol–water partition coefficient (Wildman–Crippen LogP) is 3.09. The summed E-state index contributed by atoms with van der Waals surface area (Å²) in [6.07, 6.45) is 2.91. The number of phenols is 1. The number of aliphatic imine (C=N–C) groups is 1. The van der Waals surface area contributed by atoms with Gasteiger partial charge in [-0.1, -0.05) is 30.3 Å². The Morgan fingerprint density at radius 1 is 0.913 bits per heavy atom. The fourth-order valence-electron chi connectivity index (χ4n) is 5.01. The first kappa shape index (κ1) is 33.0. The average molecular weight is 630 g/mol. The van der Waals surface area contributed by atoms with Crippen LogP contribution in [0.3, 0.4) is 0 Å². The van der Waals surface area contributed by atoms with Crippen molar-refractivity contribution in [3.8, 4) is 5.75 Å². The monoisotopic (exact) mass is 629 g/mol. The Labute approximate surface area is 263 Å². The van der Waals surface area contributed by atoms with Crippen LogP contribution in [0, 0.1) is 16.0 Å². The van der Waals surface area contributed by atoms with Gasteiger partial charge in [0.2, 0.25) is 0 Å². The highest BCUT2D eigenvalue weighted by atomic mass is 16.6. The lowest BCUT2D eigenvalue weighted by atomic mass is 9.75. The molecule has 238 valence electrons. The van der Waals surface area contributed by atoms with E-state index in [4.69, 9.17) is 9.47 Å². The highest BCUT2D eigenvalue weighted by Gasteiger charge is 2.44. The van der Waals surface area contributed by atoms with Crippen LogP contribution in [0.1, 0.15) is 46.0 Å². The van der Waals surface area contributed by atoms with Crippen LogP contribution in [-0.2, 0) is 19.1 Å². The molecule has 3 N–H and O–H groups in total. The van der Waals surface area contributed by atoms with Gasteiger partial charge in [-0.2, -0.15) is 0 Å². The van der Waals surface area contributed by atoms with E-state index in [0.29, 0.717) is 5.56 Å². The molecule has 0 saturated carbocycles. The molecule has 1 aliphatic heterocycles. The first-order chi connectivity index (χ1) is 22.1. The van der Waals surface area contributed by atoms with Crippen molar-refractivity contribution in [2.24, 2.45) is 10.9 Å². The van der Waals surface area contributed by atoms with Gasteiger partial charge < -0.3 is 25.2 Å². The molecule has 1 aromatic heterocycles. The van der Waals surface area contributed by atoms with Crippen LogP contribution in [0.4, 0.5) is 5.69 Å². The number of carbonyl (C=O) groups excluding carboxylic acids is 4. The van der Waals surface area contributed by atoms with Crippen molar-refractivity contribution in [3.05, 3.63) is 111 Å². The van der Waals surface area contributed by atoms with Gasteiger partial charge in [-0.05, 0) is 38.1 Å². The van der Waals surface area contributed by atoms with E-state index < -0.39 is 40.5 Å². The summed E-state index contributed by atoms with van der Waals surface area (Å²) >= 11 is 0. The number of esters is 2. The number of allylic oxidation sites excluding steroid dienone is 1. The molecule has 4 rings (SSSR count). The molecular weight excluding hydrogens is 598 g/mol. The first-order valence-electron chi connectivity index (χ1n) is 14.2. The number of aromatic hydroxyl groups is 1. The van der Waals surface area contributed by atoms with Crippen molar-refractivity contribution in [1.82, 2.24) is 15.6 Å². The number of nitro benzene ring substituents is 1. The second kappa shape index (κ2) is 15.2. The highest BCUT2D eigenvalue weighted by molar-refractivity contribution is 6.07. The molecule has 2 amide bonds. The van der Waals surface area contributed by atoms with Crippen LogP contribution in [-0.4, -0.2) is 70.8 Å². The maximum Gasteiger partial charge on any atom is 0.336 e. The van der Waals surface area contributed by atoms with Crippen molar-refractivity contribution in [3.63, 3.8) is 0 Å². The maximum absolute atomic E-state index is 13.5. The largest absolute Gasteiger partial charge is 0.507 e. The summed E-state index contributed by atoms with van der Waals surface area (Å²) in [7, 11) is 0. The van der Waals surface area contributed by atoms with Gasteiger partial charge in [-0.25, -0.2) is 4.79 Å². The Hall–Kier alpha value is -5.92. The van der Waals surface area contributed by atoms with Crippen molar-refractivity contribution in [2.75, 3.05) is 26.3 Å². The van der Waals surface area contributed by atoms with E-state index in [9.17, 15) is 34.4 Å². The predicted molar refractivity (Wildman–Crippen MR) is 164 cm³/mol. The highest BCUT2D eigenvalue weighted by Crippen LogP contribution is 2.43. The van der Waals surface area contributed by atoms with Crippen molar-refractivity contribution in [2.45, 2.75) is 19.8 Å². The van der Waals surface area contributed by atoms with Gasteiger partial charge in [0.15, 0.2) is 0 Å². The molecule has 2 atom stereocenters. The van der Waals surface area contributed by atoms with E-state index in [1.807, 2.05) is 0 Å². The smallest absolute Gasteiger partial charge is 0.336 e. The number of rotatable bonds is 12. The SMILES string of the molecule is CC1=NC(C)=C(C(=O)OCCNC(=O)c2ccccc2O)[C@H](c2ccccc2[N+](=O)[O-])C1C(=O)OCCNC(=O)c1cccnc1. The number of hydrogen-bond donors (Lipinski definition) is 3. The third-order valence-electron chi connectivity index (χ3n) is 7.10. The summed E-state index contributed by atoms with van der Waals surface area (Å²) < 4.78 is 10.9.